The summed E-state index contributed by atoms with van der Waals surface area (Å²) in [7, 11) is -0.469. The molecular weight excluding hydrogens is 397 g/mol. The van der Waals surface area contributed by atoms with Gasteiger partial charge in [-0.15, -0.1) is 10.2 Å². The summed E-state index contributed by atoms with van der Waals surface area (Å²) in [6.07, 6.45) is -2.82. The van der Waals surface area contributed by atoms with Gasteiger partial charge in [0.1, 0.15) is 17.0 Å². The highest BCUT2D eigenvalue weighted by Gasteiger charge is 2.36. The molecule has 0 bridgehead atoms. The Balaban J connectivity index is 1.97. The quantitative estimate of drug-likeness (QED) is 0.651. The van der Waals surface area contributed by atoms with Crippen molar-refractivity contribution in [2.75, 3.05) is 5.75 Å². The second kappa shape index (κ2) is 6.00. The van der Waals surface area contributed by atoms with E-state index in [4.69, 9.17) is 0 Å². The Bertz CT molecular complexity index is 1190. The van der Waals surface area contributed by atoms with Crippen LogP contribution in [0.15, 0.2) is 11.1 Å². The fourth-order valence-corrected chi connectivity index (χ4v) is 4.40. The van der Waals surface area contributed by atoms with E-state index in [9.17, 15) is 21.6 Å². The van der Waals surface area contributed by atoms with Crippen LogP contribution in [0, 0.1) is 0 Å². The summed E-state index contributed by atoms with van der Waals surface area (Å²) in [6, 6.07) is 0.796. The van der Waals surface area contributed by atoms with Gasteiger partial charge >= 0.3 is 6.18 Å². The zero-order chi connectivity index (χ0) is 20.4. The normalized spacial score (nSPS) is 15.5. The number of imidazole rings is 2. The average molecular weight is 414 g/mol. The van der Waals surface area contributed by atoms with Gasteiger partial charge in [0.05, 0.1) is 5.75 Å². The fourth-order valence-electron chi connectivity index (χ4n) is 3.18. The smallest absolute Gasteiger partial charge is 0.321 e. The molecule has 8 nitrogen and oxygen atoms in total. The monoisotopic (exact) mass is 414 g/mol. The van der Waals surface area contributed by atoms with Crippen molar-refractivity contribution < 1.29 is 21.6 Å². The third kappa shape index (κ3) is 2.86. The summed E-state index contributed by atoms with van der Waals surface area (Å²) < 4.78 is 67.2. The number of aromatic nitrogens is 6. The van der Waals surface area contributed by atoms with Crippen molar-refractivity contribution in [1.82, 2.24) is 29.3 Å². The zero-order valence-electron chi connectivity index (χ0n) is 15.3. The molecule has 3 heterocycles. The maximum absolute atomic E-state index is 12.9. The second-order valence-electron chi connectivity index (χ2n) is 6.79. The molecule has 0 aromatic carbocycles. The first kappa shape index (κ1) is 18.8. The molecule has 1 saturated carbocycles. The molecule has 0 aliphatic heterocycles. The van der Waals surface area contributed by atoms with Crippen LogP contribution >= 0.6 is 0 Å². The van der Waals surface area contributed by atoms with Crippen LogP contribution in [0.5, 0.6) is 0 Å². The summed E-state index contributed by atoms with van der Waals surface area (Å²) in [5.74, 6) is 0.816. The minimum absolute atomic E-state index is 0.0133. The Morgan fingerprint density at radius 3 is 2.39 bits per heavy atom. The van der Waals surface area contributed by atoms with Crippen LogP contribution < -0.4 is 0 Å². The summed E-state index contributed by atoms with van der Waals surface area (Å²) in [5.41, 5.74) is -0.953. The Morgan fingerprint density at radius 2 is 1.82 bits per heavy atom. The van der Waals surface area contributed by atoms with Crippen LogP contribution in [0.25, 0.3) is 22.7 Å². The number of halogens is 3. The van der Waals surface area contributed by atoms with Crippen molar-refractivity contribution in [3.8, 4) is 11.5 Å². The first-order valence-electron chi connectivity index (χ1n) is 8.61. The third-order valence-electron chi connectivity index (χ3n) is 4.81. The Labute approximate surface area is 158 Å². The van der Waals surface area contributed by atoms with Crippen LogP contribution in [0.2, 0.25) is 0 Å². The molecule has 0 spiro atoms. The van der Waals surface area contributed by atoms with Crippen LogP contribution in [-0.4, -0.2) is 43.5 Å². The average Bonchev–Trinajstić information content (AvgIpc) is 3.33. The lowest BCUT2D eigenvalue weighted by Gasteiger charge is -2.07. The van der Waals surface area contributed by atoms with Crippen molar-refractivity contribution in [2.45, 2.75) is 36.9 Å². The summed E-state index contributed by atoms with van der Waals surface area (Å²) >= 11 is 0. The maximum atomic E-state index is 12.9. The second-order valence-corrected chi connectivity index (χ2v) is 8.98. The number of alkyl halides is 3. The van der Waals surface area contributed by atoms with Gasteiger partial charge in [0.2, 0.25) is 0 Å². The number of hydrogen-bond acceptors (Lipinski definition) is 6. The summed E-state index contributed by atoms with van der Waals surface area (Å²) in [6.45, 7) is 1.53. The van der Waals surface area contributed by atoms with E-state index in [1.54, 1.807) is 18.7 Å². The van der Waals surface area contributed by atoms with Crippen molar-refractivity contribution >= 4 is 21.0 Å². The van der Waals surface area contributed by atoms with Gasteiger partial charge in [-0.2, -0.15) is 13.2 Å². The fraction of sp³-hybridized carbons (Fsp3) is 0.500. The molecule has 12 heteroatoms. The summed E-state index contributed by atoms with van der Waals surface area (Å²) in [5, 5.41) is 6.86. The highest BCUT2D eigenvalue weighted by Crippen LogP contribution is 2.42. The molecule has 3 aromatic heterocycles. The molecule has 150 valence electrons. The molecule has 0 N–H and O–H groups in total. The zero-order valence-corrected chi connectivity index (χ0v) is 16.1. The lowest BCUT2D eigenvalue weighted by Crippen LogP contribution is -2.12. The lowest BCUT2D eigenvalue weighted by atomic mass is 10.3. The predicted octanol–water partition coefficient (Wildman–Crippen LogP) is 2.45. The van der Waals surface area contributed by atoms with Crippen molar-refractivity contribution in [3.63, 3.8) is 0 Å². The molecule has 1 fully saturated rings. The van der Waals surface area contributed by atoms with E-state index in [0.29, 0.717) is 5.82 Å². The molecule has 3 aromatic rings. The molecule has 1 aliphatic rings. The van der Waals surface area contributed by atoms with E-state index in [1.807, 2.05) is 0 Å². The molecule has 0 unspecified atom stereocenters. The van der Waals surface area contributed by atoms with Gasteiger partial charge in [-0.25, -0.2) is 18.4 Å². The SMILES string of the molecule is CCS(=O)(=O)c1c(-c2nc3cc(C(F)(F)F)nnc3n2C)nc(C2CC2)n1C. The van der Waals surface area contributed by atoms with E-state index in [2.05, 4.69) is 20.2 Å². The number of fused-ring (bicyclic) bond motifs is 1. The molecule has 28 heavy (non-hydrogen) atoms. The minimum atomic E-state index is -4.65. The van der Waals surface area contributed by atoms with E-state index >= 15 is 0 Å². The number of hydrogen-bond donors (Lipinski definition) is 0. The molecular formula is C16H17F3N6O2S. The Kier molecular flexibility index (Phi) is 4.04. The first-order valence-corrected chi connectivity index (χ1v) is 10.3. The van der Waals surface area contributed by atoms with Gasteiger partial charge in [-0.3, -0.25) is 0 Å². The van der Waals surface area contributed by atoms with Crippen molar-refractivity contribution in [1.29, 1.82) is 0 Å². The van der Waals surface area contributed by atoms with Gasteiger partial charge in [-0.05, 0) is 12.8 Å². The lowest BCUT2D eigenvalue weighted by molar-refractivity contribution is -0.141. The highest BCUT2D eigenvalue weighted by atomic mass is 32.2. The molecule has 4 rings (SSSR count). The molecule has 0 radical (unpaired) electrons. The molecule has 0 saturated heterocycles. The van der Waals surface area contributed by atoms with E-state index in [-0.39, 0.29) is 39.4 Å². The van der Waals surface area contributed by atoms with Crippen LogP contribution in [0.4, 0.5) is 13.2 Å². The van der Waals surface area contributed by atoms with Crippen LogP contribution in [0.3, 0.4) is 0 Å². The van der Waals surface area contributed by atoms with Gasteiger partial charge < -0.3 is 9.13 Å². The van der Waals surface area contributed by atoms with Gasteiger partial charge in [0, 0.05) is 26.1 Å². The van der Waals surface area contributed by atoms with Gasteiger partial charge in [0.15, 0.2) is 32.0 Å². The summed E-state index contributed by atoms with van der Waals surface area (Å²) in [4.78, 5) is 8.73. The largest absolute Gasteiger partial charge is 0.435 e. The maximum Gasteiger partial charge on any atom is 0.435 e. The van der Waals surface area contributed by atoms with E-state index in [0.717, 1.165) is 18.9 Å². The third-order valence-corrected chi connectivity index (χ3v) is 6.63. The number of sulfone groups is 1. The van der Waals surface area contributed by atoms with Crippen molar-refractivity contribution in [3.05, 3.63) is 17.6 Å². The number of aryl methyl sites for hydroxylation is 1. The Hall–Kier alpha value is -2.50. The standard InChI is InChI=1S/C16H17F3N6O2S/c1-4-28(26,27)15-11(21-12(25(15)3)8-5-6-8)14-20-9-7-10(16(17,18)19)22-23-13(9)24(14)2/h7-8H,4-6H2,1-3H3. The van der Waals surface area contributed by atoms with Crippen LogP contribution in [-0.2, 0) is 30.1 Å². The predicted molar refractivity (Wildman–Crippen MR) is 93.2 cm³/mol. The van der Waals surface area contributed by atoms with E-state index < -0.39 is 21.7 Å². The number of nitrogens with zero attached hydrogens (tertiary/aromatic N) is 6. The highest BCUT2D eigenvalue weighted by molar-refractivity contribution is 7.91. The molecule has 0 atom stereocenters. The van der Waals surface area contributed by atoms with Gasteiger partial charge in [-0.1, -0.05) is 6.92 Å². The first-order chi connectivity index (χ1) is 13.0. The van der Waals surface area contributed by atoms with Crippen LogP contribution in [0.1, 0.15) is 37.2 Å². The Morgan fingerprint density at radius 1 is 1.14 bits per heavy atom. The van der Waals surface area contributed by atoms with E-state index in [1.165, 1.54) is 11.5 Å². The van der Waals surface area contributed by atoms with Crippen molar-refractivity contribution in [2.24, 2.45) is 14.1 Å². The number of rotatable bonds is 4. The topological polar surface area (TPSA) is 95.6 Å². The minimum Gasteiger partial charge on any atom is -0.321 e. The van der Waals surface area contributed by atoms with Gasteiger partial charge in [0.25, 0.3) is 0 Å². The molecule has 0 amide bonds. The molecule has 1 aliphatic carbocycles.